The Morgan fingerprint density at radius 3 is 2.58 bits per heavy atom. The summed E-state index contributed by atoms with van der Waals surface area (Å²) >= 11 is 0. The van der Waals surface area contributed by atoms with Gasteiger partial charge in [0.15, 0.2) is 0 Å². The molecule has 1 fully saturated rings. The Balaban J connectivity index is 2.08. The van der Waals surface area contributed by atoms with Crippen molar-refractivity contribution in [3.05, 3.63) is 12.2 Å². The highest BCUT2D eigenvalue weighted by Gasteiger charge is 2.38. The van der Waals surface area contributed by atoms with Crippen molar-refractivity contribution in [1.29, 1.82) is 0 Å². The lowest BCUT2D eigenvalue weighted by Crippen LogP contribution is -2.56. The van der Waals surface area contributed by atoms with E-state index in [1.807, 2.05) is 7.05 Å². The van der Waals surface area contributed by atoms with Crippen LogP contribution in [0.4, 0.5) is 0 Å². The largest absolute Gasteiger partial charge is 0.391 e. The fourth-order valence-electron chi connectivity index (χ4n) is 2.97. The molecule has 2 rings (SSSR count). The lowest BCUT2D eigenvalue weighted by Gasteiger charge is -2.46. The summed E-state index contributed by atoms with van der Waals surface area (Å²) in [7, 11) is 1.87. The van der Waals surface area contributed by atoms with Crippen molar-refractivity contribution >= 4 is 0 Å². The number of hydrogen-bond donors (Lipinski definition) is 1. The summed E-state index contributed by atoms with van der Waals surface area (Å²) in [6.07, 6.45) is 6.46. The van der Waals surface area contributed by atoms with Crippen molar-refractivity contribution in [2.45, 2.75) is 57.6 Å². The molecule has 1 aliphatic rings. The molecule has 0 aromatic carbocycles. The third kappa shape index (κ3) is 2.98. The van der Waals surface area contributed by atoms with E-state index >= 15 is 0 Å². The zero-order chi connectivity index (χ0) is 13.9. The van der Waals surface area contributed by atoms with Crippen LogP contribution in [0.3, 0.4) is 0 Å². The van der Waals surface area contributed by atoms with E-state index in [1.165, 1.54) is 19.3 Å². The molecule has 2 atom stereocenters. The van der Waals surface area contributed by atoms with E-state index in [1.54, 1.807) is 11.0 Å². The first kappa shape index (κ1) is 14.5. The van der Waals surface area contributed by atoms with Crippen molar-refractivity contribution in [3.8, 4) is 0 Å². The fourth-order valence-corrected chi connectivity index (χ4v) is 2.97. The monoisotopic (exact) mass is 266 g/mol. The first-order chi connectivity index (χ1) is 9.08. The summed E-state index contributed by atoms with van der Waals surface area (Å²) in [6, 6.07) is 0. The third-order valence-electron chi connectivity index (χ3n) is 4.69. The minimum Gasteiger partial charge on any atom is -0.391 e. The van der Waals surface area contributed by atoms with E-state index in [0.29, 0.717) is 6.42 Å². The predicted molar refractivity (Wildman–Crippen MR) is 74.8 cm³/mol. The summed E-state index contributed by atoms with van der Waals surface area (Å²) in [4.78, 5) is 6.68. The molecule has 0 saturated carbocycles. The summed E-state index contributed by atoms with van der Waals surface area (Å²) in [5.74, 6) is 0.851. The first-order valence-corrected chi connectivity index (χ1v) is 7.34. The Kier molecular flexibility index (Phi) is 4.58. The van der Waals surface area contributed by atoms with Gasteiger partial charge in [0.2, 0.25) is 0 Å². The van der Waals surface area contributed by atoms with E-state index in [0.717, 1.165) is 25.3 Å². The first-order valence-electron chi connectivity index (χ1n) is 7.34. The molecule has 1 N–H and O–H groups in total. The molecule has 0 radical (unpaired) electrons. The number of piperidine rings is 1. The van der Waals surface area contributed by atoms with Crippen LogP contribution in [0.1, 0.15) is 45.4 Å². The Bertz CT molecular complexity index is 400. The number of aliphatic hydroxyl groups excluding tert-OH is 1. The molecule has 2 unspecified atom stereocenters. The number of nitrogens with zero attached hydrogens (tertiary/aromatic N) is 4. The quantitative estimate of drug-likeness (QED) is 0.874. The van der Waals surface area contributed by atoms with Gasteiger partial charge in [-0.15, -0.1) is 0 Å². The van der Waals surface area contributed by atoms with Crippen LogP contribution < -0.4 is 0 Å². The Morgan fingerprint density at radius 1 is 1.37 bits per heavy atom. The van der Waals surface area contributed by atoms with Gasteiger partial charge in [0.05, 0.1) is 6.10 Å². The molecule has 2 heterocycles. The smallest absolute Gasteiger partial charge is 0.138 e. The second-order valence-corrected chi connectivity index (χ2v) is 5.78. The SMILES string of the molecule is CCC(C)(C(O)Cc1ncnn1C)N1CCCCC1. The normalized spacial score (nSPS) is 22.1. The summed E-state index contributed by atoms with van der Waals surface area (Å²) < 4.78 is 1.75. The molecule has 19 heavy (non-hydrogen) atoms. The third-order valence-corrected chi connectivity index (χ3v) is 4.69. The van der Waals surface area contributed by atoms with Gasteiger partial charge in [-0.1, -0.05) is 13.3 Å². The van der Waals surface area contributed by atoms with Gasteiger partial charge in [0.1, 0.15) is 12.2 Å². The van der Waals surface area contributed by atoms with Gasteiger partial charge >= 0.3 is 0 Å². The van der Waals surface area contributed by atoms with Crippen LogP contribution >= 0.6 is 0 Å². The fraction of sp³-hybridized carbons (Fsp3) is 0.857. The van der Waals surface area contributed by atoms with Crippen LogP contribution in [-0.4, -0.2) is 49.5 Å². The number of aliphatic hydroxyl groups is 1. The van der Waals surface area contributed by atoms with Crippen molar-refractivity contribution in [1.82, 2.24) is 19.7 Å². The highest BCUT2D eigenvalue weighted by Crippen LogP contribution is 2.28. The molecule has 5 nitrogen and oxygen atoms in total. The lowest BCUT2D eigenvalue weighted by atomic mass is 9.85. The molecule has 1 saturated heterocycles. The molecule has 0 amide bonds. The van der Waals surface area contributed by atoms with Crippen LogP contribution in [-0.2, 0) is 13.5 Å². The lowest BCUT2D eigenvalue weighted by molar-refractivity contribution is -0.0340. The highest BCUT2D eigenvalue weighted by molar-refractivity contribution is 4.98. The second-order valence-electron chi connectivity index (χ2n) is 5.78. The van der Waals surface area contributed by atoms with E-state index in [9.17, 15) is 5.11 Å². The van der Waals surface area contributed by atoms with Crippen molar-refractivity contribution in [3.63, 3.8) is 0 Å². The average Bonchev–Trinajstić information content (AvgIpc) is 2.84. The van der Waals surface area contributed by atoms with Crippen LogP contribution in [0.5, 0.6) is 0 Å². The number of aromatic nitrogens is 3. The van der Waals surface area contributed by atoms with Gasteiger partial charge in [0, 0.05) is 19.0 Å². The van der Waals surface area contributed by atoms with Gasteiger partial charge in [-0.2, -0.15) is 5.10 Å². The number of likely N-dealkylation sites (tertiary alicyclic amines) is 1. The van der Waals surface area contributed by atoms with Crippen molar-refractivity contribution in [2.24, 2.45) is 7.05 Å². The van der Waals surface area contributed by atoms with Gasteiger partial charge < -0.3 is 5.11 Å². The molecule has 1 aliphatic heterocycles. The van der Waals surface area contributed by atoms with E-state index in [4.69, 9.17) is 0 Å². The number of hydrogen-bond acceptors (Lipinski definition) is 4. The van der Waals surface area contributed by atoms with Gasteiger partial charge in [-0.25, -0.2) is 4.98 Å². The number of aryl methyl sites for hydroxylation is 1. The molecule has 1 aromatic rings. The van der Waals surface area contributed by atoms with E-state index in [-0.39, 0.29) is 5.54 Å². The standard InChI is InChI=1S/C14H26N4O/c1-4-14(2,18-8-6-5-7-9-18)12(19)10-13-15-11-16-17(13)3/h11-12,19H,4-10H2,1-3H3. The Labute approximate surface area is 115 Å². The summed E-state index contributed by atoms with van der Waals surface area (Å²) in [5, 5.41) is 14.8. The van der Waals surface area contributed by atoms with Gasteiger partial charge in [0.25, 0.3) is 0 Å². The average molecular weight is 266 g/mol. The molecule has 1 aromatic heterocycles. The summed E-state index contributed by atoms with van der Waals surface area (Å²) in [6.45, 7) is 6.54. The van der Waals surface area contributed by atoms with Crippen LogP contribution in [0.2, 0.25) is 0 Å². The van der Waals surface area contributed by atoms with Crippen LogP contribution in [0, 0.1) is 0 Å². The van der Waals surface area contributed by atoms with E-state index < -0.39 is 6.10 Å². The van der Waals surface area contributed by atoms with Crippen molar-refractivity contribution in [2.75, 3.05) is 13.1 Å². The molecule has 5 heteroatoms. The molecule has 0 bridgehead atoms. The maximum absolute atomic E-state index is 10.7. The van der Waals surface area contributed by atoms with Gasteiger partial charge in [-0.05, 0) is 39.3 Å². The Morgan fingerprint density at radius 2 is 2.05 bits per heavy atom. The predicted octanol–water partition coefficient (Wildman–Crippen LogP) is 1.37. The van der Waals surface area contributed by atoms with Crippen molar-refractivity contribution < 1.29 is 5.11 Å². The zero-order valence-electron chi connectivity index (χ0n) is 12.3. The second kappa shape index (κ2) is 6.01. The van der Waals surface area contributed by atoms with Crippen LogP contribution in [0.25, 0.3) is 0 Å². The molecular formula is C14H26N4O. The highest BCUT2D eigenvalue weighted by atomic mass is 16.3. The summed E-state index contributed by atoms with van der Waals surface area (Å²) in [5.41, 5.74) is -0.160. The minimum atomic E-state index is -0.404. The maximum Gasteiger partial charge on any atom is 0.138 e. The zero-order valence-corrected chi connectivity index (χ0v) is 12.3. The van der Waals surface area contributed by atoms with Gasteiger partial charge in [-0.3, -0.25) is 9.58 Å². The minimum absolute atomic E-state index is 0.160. The maximum atomic E-state index is 10.7. The molecule has 0 spiro atoms. The molecule has 108 valence electrons. The molecular weight excluding hydrogens is 240 g/mol. The van der Waals surface area contributed by atoms with E-state index in [2.05, 4.69) is 28.8 Å². The molecule has 0 aliphatic carbocycles. The van der Waals surface area contributed by atoms with Crippen LogP contribution in [0.15, 0.2) is 6.33 Å². The Hall–Kier alpha value is -0.940. The topological polar surface area (TPSA) is 54.2 Å². The number of rotatable bonds is 5.